The zero-order valence-electron chi connectivity index (χ0n) is 10.4. The van der Waals surface area contributed by atoms with E-state index in [9.17, 15) is 9.18 Å². The zero-order chi connectivity index (χ0) is 13.0. The lowest BCUT2D eigenvalue weighted by atomic mass is 10.1. The highest BCUT2D eigenvalue weighted by Gasteiger charge is 2.06. The predicted octanol–water partition coefficient (Wildman–Crippen LogP) is 3.66. The minimum atomic E-state index is -0.231. The lowest BCUT2D eigenvalue weighted by Crippen LogP contribution is -1.99. The maximum Gasteiger partial charge on any atom is 0.164 e. The largest absolute Gasteiger partial charge is 0.349 e. The third-order valence-electron chi connectivity index (χ3n) is 2.83. The van der Waals surface area contributed by atoms with Crippen LogP contribution < -0.4 is 0 Å². The number of ketones is 1. The van der Waals surface area contributed by atoms with Crippen molar-refractivity contribution in [1.29, 1.82) is 0 Å². The van der Waals surface area contributed by atoms with Gasteiger partial charge in [-0.2, -0.15) is 0 Å². The maximum atomic E-state index is 12.8. The van der Waals surface area contributed by atoms with Gasteiger partial charge in [0.15, 0.2) is 5.78 Å². The molecular weight excluding hydrogens is 229 g/mol. The van der Waals surface area contributed by atoms with Crippen molar-refractivity contribution in [1.82, 2.24) is 4.57 Å². The van der Waals surface area contributed by atoms with Crippen LogP contribution in [0.4, 0.5) is 4.39 Å². The minimum Gasteiger partial charge on any atom is -0.349 e. The summed E-state index contributed by atoms with van der Waals surface area (Å²) in [4.78, 5) is 11.7. The monoisotopic (exact) mass is 245 g/mol. The summed E-state index contributed by atoms with van der Waals surface area (Å²) in [5.74, 6) is -0.0552. The Kier molecular flexibility index (Phi) is 3.92. The van der Waals surface area contributed by atoms with E-state index in [2.05, 4.69) is 0 Å². The van der Waals surface area contributed by atoms with Gasteiger partial charge in [0.1, 0.15) is 5.82 Å². The van der Waals surface area contributed by atoms with E-state index in [-0.39, 0.29) is 11.6 Å². The Bertz CT molecular complexity index is 528. The highest BCUT2D eigenvalue weighted by atomic mass is 19.1. The summed E-state index contributed by atoms with van der Waals surface area (Å²) in [6.07, 6.45) is 5.18. The van der Waals surface area contributed by atoms with Gasteiger partial charge in [0.2, 0.25) is 0 Å². The number of aromatic nitrogens is 1. The van der Waals surface area contributed by atoms with Gasteiger partial charge in [-0.1, -0.05) is 19.1 Å². The third kappa shape index (κ3) is 3.06. The Labute approximate surface area is 106 Å². The number of carbonyl (C=O) groups is 1. The molecule has 0 N–H and O–H groups in total. The second-order valence-electron chi connectivity index (χ2n) is 4.37. The van der Waals surface area contributed by atoms with Gasteiger partial charge in [-0.05, 0) is 30.2 Å². The van der Waals surface area contributed by atoms with Crippen molar-refractivity contribution in [3.05, 3.63) is 59.7 Å². The Morgan fingerprint density at radius 1 is 1.22 bits per heavy atom. The van der Waals surface area contributed by atoms with E-state index in [0.29, 0.717) is 13.0 Å². The quantitative estimate of drug-likeness (QED) is 0.737. The van der Waals surface area contributed by atoms with E-state index < -0.39 is 0 Å². The molecule has 0 aliphatic carbocycles. The Morgan fingerprint density at radius 2 is 1.94 bits per heavy atom. The molecule has 2 aromatic rings. The molecule has 0 atom stereocenters. The summed E-state index contributed by atoms with van der Waals surface area (Å²) in [6.45, 7) is 2.65. The SMILES string of the molecule is CCCC(=O)c1ccn(Cc2ccc(F)cc2)c1. The summed E-state index contributed by atoms with van der Waals surface area (Å²) in [6, 6.07) is 8.23. The second-order valence-corrected chi connectivity index (χ2v) is 4.37. The molecule has 0 spiro atoms. The van der Waals surface area contributed by atoms with Crippen molar-refractivity contribution >= 4 is 5.78 Å². The Balaban J connectivity index is 2.06. The van der Waals surface area contributed by atoms with Gasteiger partial charge in [-0.25, -0.2) is 4.39 Å². The number of carbonyl (C=O) groups excluding carboxylic acids is 1. The lowest BCUT2D eigenvalue weighted by molar-refractivity contribution is 0.0981. The van der Waals surface area contributed by atoms with Crippen molar-refractivity contribution < 1.29 is 9.18 Å². The fourth-order valence-corrected chi connectivity index (χ4v) is 1.88. The number of Topliss-reactive ketones (excluding diaryl/α,β-unsaturated/α-hetero) is 1. The standard InChI is InChI=1S/C15H16FNO/c1-2-3-15(18)13-8-9-17(11-13)10-12-4-6-14(16)7-5-12/h4-9,11H,2-3,10H2,1H3. The zero-order valence-corrected chi connectivity index (χ0v) is 10.4. The fraction of sp³-hybridized carbons (Fsp3) is 0.267. The molecule has 2 rings (SSSR count). The topological polar surface area (TPSA) is 22.0 Å². The number of hydrogen-bond donors (Lipinski definition) is 0. The molecule has 18 heavy (non-hydrogen) atoms. The van der Waals surface area contributed by atoms with Crippen molar-refractivity contribution in [2.24, 2.45) is 0 Å². The first-order chi connectivity index (χ1) is 8.69. The highest BCUT2D eigenvalue weighted by molar-refractivity contribution is 5.95. The van der Waals surface area contributed by atoms with E-state index in [1.165, 1.54) is 12.1 Å². The summed E-state index contributed by atoms with van der Waals surface area (Å²) in [7, 11) is 0. The van der Waals surface area contributed by atoms with Crippen molar-refractivity contribution in [2.45, 2.75) is 26.3 Å². The van der Waals surface area contributed by atoms with E-state index in [1.807, 2.05) is 30.0 Å². The Morgan fingerprint density at radius 3 is 2.61 bits per heavy atom. The van der Waals surface area contributed by atoms with Crippen LogP contribution in [0.15, 0.2) is 42.7 Å². The van der Waals surface area contributed by atoms with E-state index in [4.69, 9.17) is 0 Å². The molecule has 1 aromatic heterocycles. The lowest BCUT2D eigenvalue weighted by Gasteiger charge is -2.02. The molecule has 0 unspecified atom stereocenters. The number of hydrogen-bond acceptors (Lipinski definition) is 1. The van der Waals surface area contributed by atoms with Crippen LogP contribution in [0.1, 0.15) is 35.7 Å². The first kappa shape index (κ1) is 12.6. The Hall–Kier alpha value is -1.90. The maximum absolute atomic E-state index is 12.8. The van der Waals surface area contributed by atoms with E-state index >= 15 is 0 Å². The highest BCUT2D eigenvalue weighted by Crippen LogP contribution is 2.10. The van der Waals surface area contributed by atoms with Crippen LogP contribution in [0.5, 0.6) is 0 Å². The fourth-order valence-electron chi connectivity index (χ4n) is 1.88. The normalized spacial score (nSPS) is 10.6. The molecule has 0 bridgehead atoms. The first-order valence-corrected chi connectivity index (χ1v) is 6.12. The molecule has 0 radical (unpaired) electrons. The molecular formula is C15H16FNO. The molecule has 0 saturated heterocycles. The smallest absolute Gasteiger partial charge is 0.164 e. The van der Waals surface area contributed by atoms with Crippen molar-refractivity contribution in [2.75, 3.05) is 0 Å². The van der Waals surface area contributed by atoms with Gasteiger partial charge in [0, 0.05) is 30.9 Å². The number of rotatable bonds is 5. The molecule has 0 saturated carbocycles. The van der Waals surface area contributed by atoms with Crippen molar-refractivity contribution in [3.8, 4) is 0 Å². The number of benzene rings is 1. The third-order valence-corrected chi connectivity index (χ3v) is 2.83. The average molecular weight is 245 g/mol. The molecule has 1 aromatic carbocycles. The molecule has 2 nitrogen and oxygen atoms in total. The molecule has 0 aliphatic heterocycles. The molecule has 0 amide bonds. The molecule has 0 aliphatic rings. The van der Waals surface area contributed by atoms with Crippen LogP contribution in [0.3, 0.4) is 0 Å². The van der Waals surface area contributed by atoms with Gasteiger partial charge in [0.25, 0.3) is 0 Å². The molecule has 1 heterocycles. The van der Waals surface area contributed by atoms with Crippen LogP contribution in [0, 0.1) is 5.82 Å². The van der Waals surface area contributed by atoms with Crippen molar-refractivity contribution in [3.63, 3.8) is 0 Å². The van der Waals surface area contributed by atoms with Crippen LogP contribution in [-0.4, -0.2) is 10.4 Å². The van der Waals surface area contributed by atoms with E-state index in [0.717, 1.165) is 17.5 Å². The van der Waals surface area contributed by atoms with Gasteiger partial charge >= 0.3 is 0 Å². The molecule has 3 heteroatoms. The predicted molar refractivity (Wildman–Crippen MR) is 69.2 cm³/mol. The molecule has 0 fully saturated rings. The summed E-state index contributed by atoms with van der Waals surface area (Å²) in [5, 5.41) is 0. The number of halogens is 1. The van der Waals surface area contributed by atoms with Gasteiger partial charge in [-0.3, -0.25) is 4.79 Å². The van der Waals surface area contributed by atoms with Gasteiger partial charge in [-0.15, -0.1) is 0 Å². The minimum absolute atomic E-state index is 0.176. The van der Waals surface area contributed by atoms with Crippen LogP contribution >= 0.6 is 0 Å². The summed E-state index contributed by atoms with van der Waals surface area (Å²) < 4.78 is 14.7. The van der Waals surface area contributed by atoms with Crippen LogP contribution in [0.2, 0.25) is 0 Å². The summed E-state index contributed by atoms with van der Waals surface area (Å²) >= 11 is 0. The van der Waals surface area contributed by atoms with E-state index in [1.54, 1.807) is 12.1 Å². The van der Waals surface area contributed by atoms with Crippen LogP contribution in [-0.2, 0) is 6.54 Å². The van der Waals surface area contributed by atoms with Crippen LogP contribution in [0.25, 0.3) is 0 Å². The second kappa shape index (κ2) is 5.63. The first-order valence-electron chi connectivity index (χ1n) is 6.12. The average Bonchev–Trinajstić information content (AvgIpc) is 2.81. The van der Waals surface area contributed by atoms with Gasteiger partial charge < -0.3 is 4.57 Å². The summed E-state index contributed by atoms with van der Waals surface area (Å²) in [5.41, 5.74) is 1.76. The van der Waals surface area contributed by atoms with Gasteiger partial charge in [0.05, 0.1) is 0 Å². The number of nitrogens with zero attached hydrogens (tertiary/aromatic N) is 1. The molecule has 94 valence electrons.